The summed E-state index contributed by atoms with van der Waals surface area (Å²) in [6, 6.07) is 14.1. The number of carboxylic acids is 1. The number of carbonyl (C=O) groups is 1. The molecule has 0 spiro atoms. The Morgan fingerprint density at radius 1 is 1.00 bits per heavy atom. The first-order valence-electron chi connectivity index (χ1n) is 6.06. The van der Waals surface area contributed by atoms with E-state index in [1.165, 1.54) is 6.20 Å². The lowest BCUT2D eigenvalue weighted by atomic mass is 10.0. The summed E-state index contributed by atoms with van der Waals surface area (Å²) in [6.07, 6.45) is 1.35. The lowest BCUT2D eigenvalue weighted by Gasteiger charge is -2.05. The first kappa shape index (κ1) is 12.2. The lowest BCUT2D eigenvalue weighted by molar-refractivity contribution is 0.0696. The highest BCUT2D eigenvalue weighted by atomic mass is 16.4. The maximum Gasteiger partial charge on any atom is 0.337 e. The molecule has 4 heteroatoms. The van der Waals surface area contributed by atoms with E-state index in [9.17, 15) is 9.90 Å². The van der Waals surface area contributed by atoms with E-state index in [1.807, 2.05) is 24.3 Å². The minimum absolute atomic E-state index is 0.158. The fourth-order valence-electron chi connectivity index (χ4n) is 2.11. The van der Waals surface area contributed by atoms with Crippen LogP contribution in [0.1, 0.15) is 10.4 Å². The van der Waals surface area contributed by atoms with Gasteiger partial charge in [0.2, 0.25) is 0 Å². The standard InChI is InChI=1S/C16H11NO3/c18-14-3-1-2-10(8-14)11-4-5-15-12(6-11)7-13(9-17-15)16(19)20/h1-9,18H,(H,19,20). The minimum Gasteiger partial charge on any atom is -0.508 e. The number of rotatable bonds is 2. The number of aromatic hydroxyl groups is 1. The molecular weight excluding hydrogens is 254 g/mol. The summed E-state index contributed by atoms with van der Waals surface area (Å²) in [5, 5.41) is 19.3. The molecule has 1 heterocycles. The Morgan fingerprint density at radius 2 is 1.80 bits per heavy atom. The maximum atomic E-state index is 11.0. The van der Waals surface area contributed by atoms with Crippen molar-refractivity contribution >= 4 is 16.9 Å². The molecule has 1 aromatic heterocycles. The predicted molar refractivity (Wildman–Crippen MR) is 75.8 cm³/mol. The molecule has 0 aliphatic carbocycles. The van der Waals surface area contributed by atoms with Gasteiger partial charge in [0.25, 0.3) is 0 Å². The van der Waals surface area contributed by atoms with Crippen LogP contribution in [0.25, 0.3) is 22.0 Å². The smallest absolute Gasteiger partial charge is 0.337 e. The van der Waals surface area contributed by atoms with Crippen molar-refractivity contribution in [2.24, 2.45) is 0 Å². The molecule has 0 aliphatic heterocycles. The zero-order chi connectivity index (χ0) is 14.1. The molecule has 0 saturated heterocycles. The molecular formula is C16H11NO3. The van der Waals surface area contributed by atoms with Gasteiger partial charge in [0.05, 0.1) is 11.1 Å². The number of nitrogens with zero attached hydrogens (tertiary/aromatic N) is 1. The average molecular weight is 265 g/mol. The third-order valence-electron chi connectivity index (χ3n) is 3.11. The van der Waals surface area contributed by atoms with E-state index >= 15 is 0 Å². The van der Waals surface area contributed by atoms with Gasteiger partial charge in [-0.25, -0.2) is 4.79 Å². The summed E-state index contributed by atoms with van der Waals surface area (Å²) in [5.74, 6) is -0.804. The molecule has 4 nitrogen and oxygen atoms in total. The summed E-state index contributed by atoms with van der Waals surface area (Å²) in [7, 11) is 0. The fraction of sp³-hybridized carbons (Fsp3) is 0. The highest BCUT2D eigenvalue weighted by Crippen LogP contribution is 2.26. The normalized spacial score (nSPS) is 10.6. The second kappa shape index (κ2) is 4.66. The van der Waals surface area contributed by atoms with Gasteiger partial charge in [-0.15, -0.1) is 0 Å². The summed E-state index contributed by atoms with van der Waals surface area (Å²) in [5.41, 5.74) is 2.66. The van der Waals surface area contributed by atoms with E-state index in [0.29, 0.717) is 0 Å². The first-order chi connectivity index (χ1) is 9.63. The summed E-state index contributed by atoms with van der Waals surface area (Å²) in [6.45, 7) is 0. The van der Waals surface area contributed by atoms with Crippen LogP contribution < -0.4 is 0 Å². The van der Waals surface area contributed by atoms with Gasteiger partial charge in [-0.05, 0) is 41.5 Å². The van der Waals surface area contributed by atoms with E-state index in [-0.39, 0.29) is 11.3 Å². The Kier molecular flexibility index (Phi) is 2.84. The number of fused-ring (bicyclic) bond motifs is 1. The van der Waals surface area contributed by atoms with Gasteiger partial charge in [-0.1, -0.05) is 18.2 Å². The number of benzene rings is 2. The summed E-state index contributed by atoms with van der Waals surface area (Å²) < 4.78 is 0. The highest BCUT2D eigenvalue weighted by Gasteiger charge is 2.06. The van der Waals surface area contributed by atoms with E-state index in [1.54, 1.807) is 24.3 Å². The Hall–Kier alpha value is -2.88. The average Bonchev–Trinajstić information content (AvgIpc) is 2.46. The van der Waals surface area contributed by atoms with Gasteiger partial charge in [-0.3, -0.25) is 4.98 Å². The number of hydrogen-bond acceptors (Lipinski definition) is 3. The van der Waals surface area contributed by atoms with Crippen LogP contribution in [0.4, 0.5) is 0 Å². The summed E-state index contributed by atoms with van der Waals surface area (Å²) >= 11 is 0. The molecule has 0 bridgehead atoms. The van der Waals surface area contributed by atoms with E-state index < -0.39 is 5.97 Å². The zero-order valence-electron chi connectivity index (χ0n) is 10.4. The molecule has 0 unspecified atom stereocenters. The minimum atomic E-state index is -0.998. The van der Waals surface area contributed by atoms with Crippen LogP contribution in [-0.2, 0) is 0 Å². The topological polar surface area (TPSA) is 70.4 Å². The molecule has 98 valence electrons. The Morgan fingerprint density at radius 3 is 2.55 bits per heavy atom. The molecule has 0 saturated carbocycles. The van der Waals surface area contributed by atoms with Crippen molar-refractivity contribution in [3.8, 4) is 16.9 Å². The van der Waals surface area contributed by atoms with Crippen molar-refractivity contribution < 1.29 is 15.0 Å². The number of aromatic nitrogens is 1. The number of carboxylic acid groups (broad SMARTS) is 1. The van der Waals surface area contributed by atoms with Gasteiger partial charge in [0.1, 0.15) is 5.75 Å². The molecule has 20 heavy (non-hydrogen) atoms. The van der Waals surface area contributed by atoms with Crippen molar-refractivity contribution in [1.82, 2.24) is 4.98 Å². The molecule has 0 fully saturated rings. The van der Waals surface area contributed by atoms with Crippen LogP contribution in [0.15, 0.2) is 54.7 Å². The van der Waals surface area contributed by atoms with Crippen LogP contribution in [0.3, 0.4) is 0 Å². The van der Waals surface area contributed by atoms with Crippen molar-refractivity contribution in [3.05, 3.63) is 60.3 Å². The molecule has 2 N–H and O–H groups in total. The number of hydrogen-bond donors (Lipinski definition) is 2. The second-order valence-corrected chi connectivity index (χ2v) is 4.49. The van der Waals surface area contributed by atoms with Gasteiger partial charge < -0.3 is 10.2 Å². The van der Waals surface area contributed by atoms with E-state index in [2.05, 4.69) is 4.98 Å². The van der Waals surface area contributed by atoms with Crippen LogP contribution in [0.5, 0.6) is 5.75 Å². The second-order valence-electron chi connectivity index (χ2n) is 4.49. The fourth-order valence-corrected chi connectivity index (χ4v) is 2.11. The van der Waals surface area contributed by atoms with Crippen LogP contribution >= 0.6 is 0 Å². The third-order valence-corrected chi connectivity index (χ3v) is 3.11. The Labute approximate surface area is 115 Å². The molecule has 3 aromatic rings. The van der Waals surface area contributed by atoms with Gasteiger partial charge in [0, 0.05) is 11.6 Å². The number of phenols is 1. The molecule has 0 amide bonds. The van der Waals surface area contributed by atoms with Crippen molar-refractivity contribution in [1.29, 1.82) is 0 Å². The summed E-state index contributed by atoms with van der Waals surface area (Å²) in [4.78, 5) is 15.1. The quantitative estimate of drug-likeness (QED) is 0.745. The van der Waals surface area contributed by atoms with Crippen molar-refractivity contribution in [2.75, 3.05) is 0 Å². The largest absolute Gasteiger partial charge is 0.508 e. The van der Waals surface area contributed by atoms with Gasteiger partial charge >= 0.3 is 5.97 Å². The van der Waals surface area contributed by atoms with Crippen LogP contribution in [0, 0.1) is 0 Å². The number of aromatic carboxylic acids is 1. The van der Waals surface area contributed by atoms with Crippen LogP contribution in [0.2, 0.25) is 0 Å². The Bertz CT molecular complexity index is 812. The van der Waals surface area contributed by atoms with E-state index in [0.717, 1.165) is 22.0 Å². The third kappa shape index (κ3) is 2.19. The molecule has 0 radical (unpaired) electrons. The van der Waals surface area contributed by atoms with Crippen LogP contribution in [-0.4, -0.2) is 21.2 Å². The monoisotopic (exact) mass is 265 g/mol. The number of pyridine rings is 1. The van der Waals surface area contributed by atoms with E-state index in [4.69, 9.17) is 5.11 Å². The lowest BCUT2D eigenvalue weighted by Crippen LogP contribution is -1.96. The van der Waals surface area contributed by atoms with Gasteiger partial charge in [0.15, 0.2) is 0 Å². The Balaban J connectivity index is 2.16. The molecule has 3 rings (SSSR count). The molecule has 0 aliphatic rings. The SMILES string of the molecule is O=C(O)c1cnc2ccc(-c3cccc(O)c3)cc2c1. The number of phenolic OH excluding ortho intramolecular Hbond substituents is 1. The molecule has 0 atom stereocenters. The predicted octanol–water partition coefficient (Wildman–Crippen LogP) is 3.31. The van der Waals surface area contributed by atoms with Crippen molar-refractivity contribution in [2.45, 2.75) is 0 Å². The van der Waals surface area contributed by atoms with Gasteiger partial charge in [-0.2, -0.15) is 0 Å². The zero-order valence-corrected chi connectivity index (χ0v) is 10.4. The molecule has 2 aromatic carbocycles. The highest BCUT2D eigenvalue weighted by molar-refractivity contribution is 5.93. The first-order valence-corrected chi connectivity index (χ1v) is 6.06. The van der Waals surface area contributed by atoms with Crippen molar-refractivity contribution in [3.63, 3.8) is 0 Å². The maximum absolute atomic E-state index is 11.0.